The van der Waals surface area contributed by atoms with Crippen molar-refractivity contribution in [3.05, 3.63) is 54.1 Å². The maximum Gasteiger partial charge on any atom is 0.227 e. The molecule has 1 amide bonds. The Morgan fingerprint density at radius 2 is 1.51 bits per heavy atom. The van der Waals surface area contributed by atoms with Gasteiger partial charge in [0.25, 0.3) is 0 Å². The number of hydrogen-bond donors (Lipinski definition) is 0. The summed E-state index contributed by atoms with van der Waals surface area (Å²) in [6.07, 6.45) is 0.865. The molecule has 4 rings (SSSR count). The Kier molecular flexibility index (Phi) is 7.29. The van der Waals surface area contributed by atoms with E-state index in [-0.39, 0.29) is 23.5 Å². The van der Waals surface area contributed by atoms with Crippen molar-refractivity contribution in [2.45, 2.75) is 26.7 Å². The van der Waals surface area contributed by atoms with Gasteiger partial charge in [0.05, 0.1) is 27.8 Å². The standard InChI is InChI=1S/C29H33NO5/c1-6-25(31)24-17-30(16-18(24)2)28(32)12-19-7-8-21-13-22(10-9-20(21)11-19)23-14-26(33-3)29(35-5)27(15-23)34-4/h7-11,13-15,18,24H,6,12,16-17H2,1-5H3. The lowest BCUT2D eigenvalue weighted by Gasteiger charge is -2.16. The molecule has 0 N–H and O–H groups in total. The number of ether oxygens (including phenoxy) is 3. The highest BCUT2D eigenvalue weighted by atomic mass is 16.5. The highest BCUT2D eigenvalue weighted by Crippen LogP contribution is 2.41. The van der Waals surface area contributed by atoms with Gasteiger partial charge < -0.3 is 19.1 Å². The molecule has 6 heteroatoms. The molecule has 184 valence electrons. The van der Waals surface area contributed by atoms with Crippen LogP contribution in [0.15, 0.2) is 48.5 Å². The molecule has 2 atom stereocenters. The molecule has 2 unspecified atom stereocenters. The van der Waals surface area contributed by atoms with Crippen molar-refractivity contribution in [1.82, 2.24) is 4.90 Å². The third-order valence-corrected chi connectivity index (χ3v) is 6.99. The largest absolute Gasteiger partial charge is 0.493 e. The number of carbonyl (C=O) groups is 2. The average Bonchev–Trinajstić information content (AvgIpc) is 3.28. The molecule has 1 aliphatic heterocycles. The van der Waals surface area contributed by atoms with Crippen LogP contribution < -0.4 is 14.2 Å². The highest BCUT2D eigenvalue weighted by Gasteiger charge is 2.35. The molecule has 1 fully saturated rings. The van der Waals surface area contributed by atoms with Gasteiger partial charge in [-0.05, 0) is 51.6 Å². The maximum absolute atomic E-state index is 12.9. The van der Waals surface area contributed by atoms with Gasteiger partial charge in [0.1, 0.15) is 5.78 Å². The molecule has 0 saturated carbocycles. The monoisotopic (exact) mass is 475 g/mol. The average molecular weight is 476 g/mol. The molecular formula is C29H33NO5. The zero-order valence-corrected chi connectivity index (χ0v) is 21.1. The van der Waals surface area contributed by atoms with Gasteiger partial charge in [0, 0.05) is 25.4 Å². The molecule has 1 heterocycles. The number of fused-ring (bicyclic) bond motifs is 1. The lowest BCUT2D eigenvalue weighted by atomic mass is 9.92. The number of ketones is 1. The van der Waals surface area contributed by atoms with E-state index in [0.717, 1.165) is 27.5 Å². The molecular weight excluding hydrogens is 442 g/mol. The van der Waals surface area contributed by atoms with Crippen LogP contribution in [0.25, 0.3) is 21.9 Å². The first-order valence-electron chi connectivity index (χ1n) is 12.0. The summed E-state index contributed by atoms with van der Waals surface area (Å²) in [5, 5.41) is 2.15. The second-order valence-corrected chi connectivity index (χ2v) is 9.19. The molecule has 0 aliphatic carbocycles. The molecule has 1 aliphatic rings. The van der Waals surface area contributed by atoms with Crippen LogP contribution in [0, 0.1) is 11.8 Å². The van der Waals surface area contributed by atoms with E-state index in [1.54, 1.807) is 21.3 Å². The van der Waals surface area contributed by atoms with Crippen molar-refractivity contribution < 1.29 is 23.8 Å². The van der Waals surface area contributed by atoms with Gasteiger partial charge in [-0.25, -0.2) is 0 Å². The number of carbonyl (C=O) groups excluding carboxylic acids is 2. The summed E-state index contributed by atoms with van der Waals surface area (Å²) in [5.74, 6) is 2.29. The lowest BCUT2D eigenvalue weighted by molar-refractivity contribution is -0.129. The third-order valence-electron chi connectivity index (χ3n) is 6.99. The first kappa shape index (κ1) is 24.6. The lowest BCUT2D eigenvalue weighted by Crippen LogP contribution is -2.31. The van der Waals surface area contributed by atoms with Gasteiger partial charge >= 0.3 is 0 Å². The van der Waals surface area contributed by atoms with Gasteiger partial charge in [-0.1, -0.05) is 44.2 Å². The van der Waals surface area contributed by atoms with E-state index in [4.69, 9.17) is 14.2 Å². The molecule has 0 radical (unpaired) electrons. The summed E-state index contributed by atoms with van der Waals surface area (Å²) in [6.45, 7) is 5.15. The van der Waals surface area contributed by atoms with Crippen LogP contribution >= 0.6 is 0 Å². The Morgan fingerprint density at radius 3 is 2.14 bits per heavy atom. The summed E-state index contributed by atoms with van der Waals surface area (Å²) in [6, 6.07) is 16.2. The minimum Gasteiger partial charge on any atom is -0.493 e. The Hall–Kier alpha value is -3.54. The summed E-state index contributed by atoms with van der Waals surface area (Å²) in [7, 11) is 4.80. The van der Waals surface area contributed by atoms with Crippen LogP contribution in [0.4, 0.5) is 0 Å². The number of benzene rings is 3. The van der Waals surface area contributed by atoms with E-state index in [1.807, 2.05) is 30.0 Å². The maximum atomic E-state index is 12.9. The van der Waals surface area contributed by atoms with Gasteiger partial charge in [0.2, 0.25) is 11.7 Å². The van der Waals surface area contributed by atoms with Crippen LogP contribution in [0.3, 0.4) is 0 Å². The topological polar surface area (TPSA) is 65.1 Å². The number of nitrogens with zero attached hydrogens (tertiary/aromatic N) is 1. The molecule has 3 aromatic rings. The second-order valence-electron chi connectivity index (χ2n) is 9.19. The molecule has 0 aromatic heterocycles. The van der Waals surface area contributed by atoms with E-state index < -0.39 is 0 Å². The smallest absolute Gasteiger partial charge is 0.227 e. The first-order valence-corrected chi connectivity index (χ1v) is 12.0. The van der Waals surface area contributed by atoms with Crippen molar-refractivity contribution in [3.8, 4) is 28.4 Å². The van der Waals surface area contributed by atoms with Gasteiger partial charge in [0.15, 0.2) is 11.5 Å². The fourth-order valence-corrected chi connectivity index (χ4v) is 4.97. The van der Waals surface area contributed by atoms with Crippen LogP contribution in [0.5, 0.6) is 17.2 Å². The van der Waals surface area contributed by atoms with Crippen molar-refractivity contribution in [2.75, 3.05) is 34.4 Å². The Balaban J connectivity index is 1.54. The van der Waals surface area contributed by atoms with Crippen LogP contribution in [0.2, 0.25) is 0 Å². The minimum atomic E-state index is -0.0332. The zero-order chi connectivity index (χ0) is 25.1. The molecule has 35 heavy (non-hydrogen) atoms. The van der Waals surface area contributed by atoms with Crippen molar-refractivity contribution in [3.63, 3.8) is 0 Å². The molecule has 0 spiro atoms. The molecule has 6 nitrogen and oxygen atoms in total. The molecule has 0 bridgehead atoms. The minimum absolute atomic E-state index is 0.0332. The van der Waals surface area contributed by atoms with Crippen molar-refractivity contribution >= 4 is 22.5 Å². The number of rotatable bonds is 8. The number of hydrogen-bond acceptors (Lipinski definition) is 5. The van der Waals surface area contributed by atoms with E-state index in [0.29, 0.717) is 43.2 Å². The SMILES string of the molecule is CCC(=O)C1CN(C(=O)Cc2ccc3cc(-c4cc(OC)c(OC)c(OC)c4)ccc3c2)CC1C. The zero-order valence-electron chi connectivity index (χ0n) is 21.1. The predicted molar refractivity (Wildman–Crippen MR) is 137 cm³/mol. The Morgan fingerprint density at radius 1 is 0.857 bits per heavy atom. The van der Waals surface area contributed by atoms with Crippen LogP contribution in [0.1, 0.15) is 25.8 Å². The Labute approximate surface area is 206 Å². The number of likely N-dealkylation sites (tertiary alicyclic amines) is 1. The second kappa shape index (κ2) is 10.4. The summed E-state index contributed by atoms with van der Waals surface area (Å²) in [5.41, 5.74) is 2.96. The van der Waals surface area contributed by atoms with E-state index >= 15 is 0 Å². The third kappa shape index (κ3) is 4.97. The number of amides is 1. The van der Waals surface area contributed by atoms with E-state index in [9.17, 15) is 9.59 Å². The summed E-state index contributed by atoms with van der Waals surface area (Å²) >= 11 is 0. The fraction of sp³-hybridized carbons (Fsp3) is 0.379. The van der Waals surface area contributed by atoms with Crippen molar-refractivity contribution in [1.29, 1.82) is 0 Å². The van der Waals surface area contributed by atoms with Crippen molar-refractivity contribution in [2.24, 2.45) is 11.8 Å². The van der Waals surface area contributed by atoms with E-state index in [1.165, 1.54) is 0 Å². The molecule has 3 aromatic carbocycles. The highest BCUT2D eigenvalue weighted by molar-refractivity contribution is 5.90. The van der Waals surface area contributed by atoms with Gasteiger partial charge in [-0.15, -0.1) is 0 Å². The number of Topliss-reactive ketones (excluding diaryl/α,β-unsaturated/α-hetero) is 1. The molecule has 1 saturated heterocycles. The first-order chi connectivity index (χ1) is 16.9. The Bertz CT molecular complexity index is 1230. The predicted octanol–water partition coefficient (Wildman–Crippen LogP) is 5.15. The quantitative estimate of drug-likeness (QED) is 0.451. The van der Waals surface area contributed by atoms with Crippen LogP contribution in [-0.4, -0.2) is 51.0 Å². The van der Waals surface area contributed by atoms with Gasteiger partial charge in [-0.2, -0.15) is 0 Å². The summed E-state index contributed by atoms with van der Waals surface area (Å²) < 4.78 is 16.4. The normalized spacial score (nSPS) is 17.5. The number of methoxy groups -OCH3 is 3. The summed E-state index contributed by atoms with van der Waals surface area (Å²) in [4.78, 5) is 27.0. The fourth-order valence-electron chi connectivity index (χ4n) is 4.97. The van der Waals surface area contributed by atoms with Crippen LogP contribution in [-0.2, 0) is 16.0 Å². The van der Waals surface area contributed by atoms with E-state index in [2.05, 4.69) is 37.3 Å². The van der Waals surface area contributed by atoms with Gasteiger partial charge in [-0.3, -0.25) is 9.59 Å².